The molecule has 0 fully saturated rings. The van der Waals surface area contributed by atoms with E-state index in [4.69, 9.17) is 11.0 Å². The van der Waals surface area contributed by atoms with Crippen LogP contribution in [0.3, 0.4) is 0 Å². The Kier molecular flexibility index (Phi) is 7.70. The average Bonchev–Trinajstić information content (AvgIpc) is 3.30. The highest BCUT2D eigenvalue weighted by atomic mass is 16.3. The highest BCUT2D eigenvalue weighted by Crippen LogP contribution is 2.34. The average molecular weight is 505 g/mol. The lowest BCUT2D eigenvalue weighted by Gasteiger charge is -2.14. The molecule has 0 saturated heterocycles. The fourth-order valence-corrected chi connectivity index (χ4v) is 5.08. The van der Waals surface area contributed by atoms with Crippen molar-refractivity contribution in [3.05, 3.63) is 167 Å². The van der Waals surface area contributed by atoms with Gasteiger partial charge in [-0.05, 0) is 58.5 Å². The maximum Gasteiger partial charge on any atom is 0.135 e. The van der Waals surface area contributed by atoms with Gasteiger partial charge in [-0.25, -0.2) is 0 Å². The minimum atomic E-state index is 0.633. The summed E-state index contributed by atoms with van der Waals surface area (Å²) in [5.41, 5.74) is 7.85. The molecule has 1 nitrogen and oxygen atoms in total. The Labute approximate surface area is 230 Å². The number of allylic oxidation sites excluding steroid dienone is 5. The minimum Gasteiger partial charge on any atom is -0.457 e. The number of para-hydroxylation sites is 1. The van der Waals surface area contributed by atoms with E-state index in [1.54, 1.807) is 0 Å². The Morgan fingerprint density at radius 1 is 0.667 bits per heavy atom. The lowest BCUT2D eigenvalue weighted by Crippen LogP contribution is -2.22. The predicted octanol–water partition coefficient (Wildman–Crippen LogP) is 9.01. The SMILES string of the molecule is C=C(/C(c1ccccc1)=c1\c(=C)oc2ccccc12)c1ccccccc(/C(C)=C/C=C\C)c2ccccc12. The topological polar surface area (TPSA) is 13.1 Å². The first-order valence-corrected chi connectivity index (χ1v) is 13.2. The monoisotopic (exact) mass is 504 g/mol. The van der Waals surface area contributed by atoms with Gasteiger partial charge in [-0.1, -0.05) is 141 Å². The van der Waals surface area contributed by atoms with Gasteiger partial charge in [0, 0.05) is 16.2 Å². The second kappa shape index (κ2) is 11.7. The Bertz CT molecular complexity index is 1900. The first kappa shape index (κ1) is 25.8. The van der Waals surface area contributed by atoms with Crippen molar-refractivity contribution < 1.29 is 4.42 Å². The summed E-state index contributed by atoms with van der Waals surface area (Å²) in [5.74, 6) is 0. The molecule has 0 aliphatic carbocycles. The first-order valence-electron chi connectivity index (χ1n) is 13.2. The van der Waals surface area contributed by atoms with Crippen LogP contribution in [0.25, 0.3) is 45.0 Å². The van der Waals surface area contributed by atoms with Crippen molar-refractivity contribution in [2.24, 2.45) is 0 Å². The summed E-state index contributed by atoms with van der Waals surface area (Å²) < 4.78 is 6.14. The molecule has 39 heavy (non-hydrogen) atoms. The van der Waals surface area contributed by atoms with Gasteiger partial charge in [0.15, 0.2) is 0 Å². The Hall–Kier alpha value is -4.88. The maximum atomic E-state index is 6.14. The summed E-state index contributed by atoms with van der Waals surface area (Å²) in [7, 11) is 0. The van der Waals surface area contributed by atoms with Crippen molar-refractivity contribution in [3.8, 4) is 0 Å². The highest BCUT2D eigenvalue weighted by Gasteiger charge is 2.16. The normalized spacial score (nSPS) is 12.5. The molecule has 4 aromatic carbocycles. The number of hydrogen-bond acceptors (Lipinski definition) is 1. The Balaban J connectivity index is 1.94. The molecule has 0 spiro atoms. The number of rotatable bonds is 5. The standard InChI is InChI=1S/C38H32O/c1-5-6-18-27(2)31-21-12-7-8-13-22-32(34-24-15-14-23-33(31)34)28(3)37(30-19-10-9-11-20-30)38-29(4)39-36-26-17-16-25-35(36)38/h5-26H,3-4H2,1-2H3/b6-5-,8-7?,12-7?,13-8?,21-12?,22-13?,27-18+,31-21?,32-22?,33-31?,34-32?,38-37-. The molecule has 0 N–H and O–H groups in total. The minimum absolute atomic E-state index is 0.633. The third-order valence-electron chi connectivity index (χ3n) is 6.94. The molecule has 0 unspecified atom stereocenters. The van der Waals surface area contributed by atoms with E-state index in [9.17, 15) is 0 Å². The molecule has 1 heterocycles. The molecular formula is C38H32O. The summed E-state index contributed by atoms with van der Waals surface area (Å²) in [4.78, 5) is 0. The van der Waals surface area contributed by atoms with Gasteiger partial charge < -0.3 is 4.42 Å². The van der Waals surface area contributed by atoms with Gasteiger partial charge in [0.05, 0.1) is 0 Å². The van der Waals surface area contributed by atoms with Crippen LogP contribution >= 0.6 is 0 Å². The van der Waals surface area contributed by atoms with Crippen LogP contribution in [0.15, 0.2) is 144 Å². The van der Waals surface area contributed by atoms with Gasteiger partial charge in [-0.2, -0.15) is 0 Å². The summed E-state index contributed by atoms with van der Waals surface area (Å²) >= 11 is 0. The van der Waals surface area contributed by atoms with Gasteiger partial charge in [0.25, 0.3) is 0 Å². The van der Waals surface area contributed by atoms with Gasteiger partial charge >= 0.3 is 0 Å². The predicted molar refractivity (Wildman–Crippen MR) is 169 cm³/mol. The van der Waals surface area contributed by atoms with Crippen LogP contribution in [0, 0.1) is 0 Å². The Morgan fingerprint density at radius 2 is 1.21 bits per heavy atom. The van der Waals surface area contributed by atoms with E-state index in [2.05, 4.69) is 123 Å². The molecule has 0 saturated carbocycles. The second-order valence-electron chi connectivity index (χ2n) is 9.47. The summed E-state index contributed by atoms with van der Waals surface area (Å²) in [5, 5.41) is 4.28. The molecule has 1 heteroatoms. The quantitative estimate of drug-likeness (QED) is 0.218. The molecule has 5 rings (SSSR count). The van der Waals surface area contributed by atoms with Crippen LogP contribution in [0.1, 0.15) is 30.5 Å². The third kappa shape index (κ3) is 5.26. The zero-order valence-electron chi connectivity index (χ0n) is 22.5. The molecule has 0 atom stereocenters. The molecule has 0 amide bonds. The molecule has 0 radical (unpaired) electrons. The fraction of sp³-hybridized carbons (Fsp3) is 0.0526. The zero-order chi connectivity index (χ0) is 27.2. The van der Waals surface area contributed by atoms with E-state index >= 15 is 0 Å². The summed E-state index contributed by atoms with van der Waals surface area (Å²) in [6.07, 6.45) is 6.29. The summed E-state index contributed by atoms with van der Waals surface area (Å²) in [6.45, 7) is 13.2. The smallest absolute Gasteiger partial charge is 0.135 e. The number of furan rings is 1. The van der Waals surface area contributed by atoms with E-state index in [-0.39, 0.29) is 0 Å². The molecule has 0 bridgehead atoms. The van der Waals surface area contributed by atoms with Gasteiger partial charge in [0.1, 0.15) is 11.0 Å². The number of fused-ring (bicyclic) bond motifs is 2. The maximum absolute atomic E-state index is 6.14. The van der Waals surface area contributed by atoms with Gasteiger partial charge in [-0.15, -0.1) is 0 Å². The molecular weight excluding hydrogens is 472 g/mol. The van der Waals surface area contributed by atoms with Crippen molar-refractivity contribution in [3.63, 3.8) is 0 Å². The van der Waals surface area contributed by atoms with Gasteiger partial charge in [-0.3, -0.25) is 0 Å². The van der Waals surface area contributed by atoms with Crippen molar-refractivity contribution >= 4 is 45.0 Å². The van der Waals surface area contributed by atoms with Crippen molar-refractivity contribution in [1.82, 2.24) is 0 Å². The summed E-state index contributed by atoms with van der Waals surface area (Å²) in [6, 6.07) is 39.7. The highest BCUT2D eigenvalue weighted by molar-refractivity contribution is 6.11. The van der Waals surface area contributed by atoms with Crippen LogP contribution < -0.4 is 10.6 Å². The Morgan fingerprint density at radius 3 is 1.90 bits per heavy atom. The first-order chi connectivity index (χ1) is 19.1. The van der Waals surface area contributed by atoms with Crippen LogP contribution in [0.4, 0.5) is 0 Å². The van der Waals surface area contributed by atoms with E-state index in [0.29, 0.717) is 5.42 Å². The molecule has 0 aliphatic rings. The number of benzene rings is 3. The van der Waals surface area contributed by atoms with Crippen molar-refractivity contribution in [2.75, 3.05) is 0 Å². The van der Waals surface area contributed by atoms with E-state index in [0.717, 1.165) is 49.2 Å². The van der Waals surface area contributed by atoms with E-state index in [1.165, 1.54) is 11.1 Å². The fourth-order valence-electron chi connectivity index (χ4n) is 5.08. The van der Waals surface area contributed by atoms with Crippen LogP contribution in [0.2, 0.25) is 0 Å². The molecule has 5 aromatic rings. The second-order valence-corrected chi connectivity index (χ2v) is 9.47. The van der Waals surface area contributed by atoms with Crippen molar-refractivity contribution in [2.45, 2.75) is 13.8 Å². The van der Waals surface area contributed by atoms with Crippen LogP contribution in [0.5, 0.6) is 0 Å². The zero-order valence-corrected chi connectivity index (χ0v) is 22.5. The van der Waals surface area contributed by atoms with E-state index < -0.39 is 0 Å². The molecule has 1 aromatic heterocycles. The van der Waals surface area contributed by atoms with Crippen LogP contribution in [-0.4, -0.2) is 0 Å². The lowest BCUT2D eigenvalue weighted by atomic mass is 9.88. The third-order valence-corrected chi connectivity index (χ3v) is 6.94. The number of hydrogen-bond donors (Lipinski definition) is 0. The molecule has 0 aliphatic heterocycles. The largest absolute Gasteiger partial charge is 0.457 e. The van der Waals surface area contributed by atoms with Crippen LogP contribution in [-0.2, 0) is 0 Å². The van der Waals surface area contributed by atoms with Crippen molar-refractivity contribution in [1.29, 1.82) is 0 Å². The van der Waals surface area contributed by atoms with Gasteiger partial charge in [0.2, 0.25) is 0 Å². The molecule has 190 valence electrons. The lowest BCUT2D eigenvalue weighted by molar-refractivity contribution is 0.577. The van der Waals surface area contributed by atoms with E-state index in [1.807, 2.05) is 31.2 Å².